The fourth-order valence-corrected chi connectivity index (χ4v) is 9.44. The molecule has 1 saturated carbocycles. The Morgan fingerprint density at radius 2 is 1.36 bits per heavy atom. The number of aryl methyl sites for hydroxylation is 2. The molecule has 0 unspecified atom stereocenters. The van der Waals surface area contributed by atoms with Crippen LogP contribution in [-0.4, -0.2) is 154 Å². The Morgan fingerprint density at radius 3 is 1.96 bits per heavy atom. The molecule has 4 aromatic rings. The molecule has 3 heterocycles. The molecule has 2 saturated heterocycles. The van der Waals surface area contributed by atoms with Crippen molar-refractivity contribution < 1.29 is 40.7 Å². The number of hydrogen-bond donors (Lipinski definition) is 8. The summed E-state index contributed by atoms with van der Waals surface area (Å²) in [6, 6.07) is 15.4. The third-order valence-electron chi connectivity index (χ3n) is 15.1. The van der Waals surface area contributed by atoms with Crippen LogP contribution in [0.25, 0.3) is 5.70 Å². The van der Waals surface area contributed by atoms with Crippen molar-refractivity contribution >= 4 is 69.2 Å². The van der Waals surface area contributed by atoms with Gasteiger partial charge in [0, 0.05) is 148 Å². The minimum Gasteiger partial charge on any atom is -0.397 e. The first kappa shape index (κ1) is 70.1. The number of aromatic nitrogens is 1. The summed E-state index contributed by atoms with van der Waals surface area (Å²) in [7, 11) is 9.61. The lowest BCUT2D eigenvalue weighted by molar-refractivity contribution is -0.137. The number of allylic oxidation sites excluding steroid dienone is 5. The fourth-order valence-electron chi connectivity index (χ4n) is 9.28. The topological polar surface area (TPSA) is 225 Å². The molecule has 11 N–H and O–H groups in total. The predicted octanol–water partition coefficient (Wildman–Crippen LogP) is 8.67. The molecule has 3 amide bonds. The Hall–Kier alpha value is -8.01. The third-order valence-corrected chi connectivity index (χ3v) is 15.3. The number of alkyl halides is 6. The molecule has 0 spiro atoms. The van der Waals surface area contributed by atoms with Crippen molar-refractivity contribution in [1.29, 1.82) is 0 Å². The second kappa shape index (κ2) is 31.9. The molecule has 1 aromatic heterocycles. The summed E-state index contributed by atoms with van der Waals surface area (Å²) < 4.78 is 81.3. The fraction of sp³-hybridized carbons (Fsp3) is 0.413. The maximum atomic E-state index is 13.7. The molecular weight excluding hydrogens is 1170 g/mol. The number of amides is 3. The Kier molecular flexibility index (Phi) is 25.2. The third kappa shape index (κ3) is 21.9. The Labute approximate surface area is 523 Å². The van der Waals surface area contributed by atoms with Gasteiger partial charge in [0.25, 0.3) is 11.8 Å². The van der Waals surface area contributed by atoms with E-state index in [2.05, 4.69) is 58.3 Å². The molecule has 3 fully saturated rings. The van der Waals surface area contributed by atoms with E-state index in [0.29, 0.717) is 65.3 Å². The highest BCUT2D eigenvalue weighted by Gasteiger charge is 2.34. The number of thiocarbonyl (C=S) groups is 1. The zero-order valence-corrected chi connectivity index (χ0v) is 52.8. The van der Waals surface area contributed by atoms with Crippen molar-refractivity contribution in [3.05, 3.63) is 160 Å². The van der Waals surface area contributed by atoms with E-state index in [1.165, 1.54) is 23.2 Å². The zero-order valence-electron chi connectivity index (χ0n) is 52.0. The van der Waals surface area contributed by atoms with Crippen LogP contribution in [0.15, 0.2) is 126 Å². The van der Waals surface area contributed by atoms with E-state index in [1.54, 1.807) is 73.0 Å². The van der Waals surface area contributed by atoms with Crippen LogP contribution in [0, 0.1) is 19.8 Å². The lowest BCUT2D eigenvalue weighted by Gasteiger charge is -2.36. The van der Waals surface area contributed by atoms with Gasteiger partial charge in [0.05, 0.1) is 34.5 Å². The first-order chi connectivity index (χ1) is 42.0. The van der Waals surface area contributed by atoms with Gasteiger partial charge >= 0.3 is 12.4 Å². The average Bonchev–Trinajstić information content (AvgIpc) is 3.04. The quantitative estimate of drug-likeness (QED) is 0.0173. The summed E-state index contributed by atoms with van der Waals surface area (Å²) >= 11 is 4.91. The Balaban J connectivity index is 0.000000253. The number of nitrogens with one attached hydrogen (secondary N) is 5. The van der Waals surface area contributed by atoms with Gasteiger partial charge in [-0.15, -0.1) is 0 Å². The highest BCUT2D eigenvalue weighted by atomic mass is 32.1. The van der Waals surface area contributed by atoms with Crippen LogP contribution in [0.2, 0.25) is 0 Å². The number of halogens is 6. The molecule has 482 valence electrons. The monoisotopic (exact) mass is 1260 g/mol. The molecule has 2 aliphatic heterocycles. The number of pyridine rings is 1. The molecule has 19 nitrogen and oxygen atoms in total. The predicted molar refractivity (Wildman–Crippen MR) is 346 cm³/mol. The number of nitrogens with zero attached hydrogens (tertiary/aromatic N) is 8. The van der Waals surface area contributed by atoms with Crippen molar-refractivity contribution in [1.82, 2.24) is 40.5 Å². The average molecular weight is 1260 g/mol. The van der Waals surface area contributed by atoms with Crippen LogP contribution < -0.4 is 58.9 Å². The molecule has 0 atom stereocenters. The second-order valence-corrected chi connectivity index (χ2v) is 23.4. The molecule has 0 bridgehead atoms. The van der Waals surface area contributed by atoms with Crippen LogP contribution in [-0.2, 0) is 11.0 Å². The molecule has 8 rings (SSSR count). The molecule has 2 aliphatic carbocycles. The molecule has 89 heavy (non-hydrogen) atoms. The number of anilines is 5. The second-order valence-electron chi connectivity index (χ2n) is 23.0. The van der Waals surface area contributed by atoms with Gasteiger partial charge < -0.3 is 61.8 Å². The molecule has 0 radical (unpaired) electrons. The van der Waals surface area contributed by atoms with E-state index in [4.69, 9.17) is 29.6 Å². The summed E-state index contributed by atoms with van der Waals surface area (Å²) in [5, 5.41) is 12.6. The first-order valence-electron chi connectivity index (χ1n) is 29.1. The van der Waals surface area contributed by atoms with E-state index >= 15 is 0 Å². The van der Waals surface area contributed by atoms with Crippen molar-refractivity contribution in [3.63, 3.8) is 0 Å². The molecule has 3 aromatic carbocycles. The standard InChI is InChI=1S/C34H44F3N9O.C20H26F3N5O.C9H14N2OS/c1-24-4-5-25(19-32(24)46(39)23-31(38)26-18-30(22-40-21-26)45-16-12-43(3)13-17-45)33(47)41-28-8-6-27(34(35,36)37)7-9-29(20-28)44-14-10-42(2)11-15-44;1-13-5-6-14(9-18(13)26-24)19(29)25-16-10-15(20(21,22)23)11-17(12-16)28(4)8-7-27(2)3;1-6(2)5-10-9(13)11-8(12)7-3-4-7/h4-5,7-8,18-23H,6,9-17,38-39H2,1-3H3,(H,41,47);5-6,9-12,26H,7-8,24H2,1-4H3,(H,25,29);5,7H,3-4H2,1-2H3,(H2,10,11,12,13)/b27-7?,28-8+,29-20+,31-23-;;. The Morgan fingerprint density at radius 1 is 0.742 bits per heavy atom. The minimum atomic E-state index is -4.53. The number of benzene rings is 3. The highest BCUT2D eigenvalue weighted by Crippen LogP contribution is 2.36. The van der Waals surface area contributed by atoms with Crippen molar-refractivity contribution in [3.8, 4) is 0 Å². The summed E-state index contributed by atoms with van der Waals surface area (Å²) in [5.74, 6) is 11.1. The lowest BCUT2D eigenvalue weighted by atomic mass is 10.0. The van der Waals surface area contributed by atoms with E-state index in [0.717, 1.165) is 97.9 Å². The number of hydrazine groups is 2. The van der Waals surface area contributed by atoms with Gasteiger partial charge in [-0.25, -0.2) is 5.84 Å². The minimum absolute atomic E-state index is 0.0413. The number of likely N-dealkylation sites (N-methyl/N-ethyl adjacent to an activating group) is 4. The maximum absolute atomic E-state index is 13.7. The van der Waals surface area contributed by atoms with Crippen molar-refractivity contribution in [2.75, 3.05) is 126 Å². The summed E-state index contributed by atoms with van der Waals surface area (Å²) in [5.41, 5.74) is 15.5. The van der Waals surface area contributed by atoms with Crippen LogP contribution in [0.5, 0.6) is 0 Å². The van der Waals surface area contributed by atoms with Gasteiger partial charge in [0.15, 0.2) is 5.11 Å². The number of rotatable bonds is 16. The smallest absolute Gasteiger partial charge is 0.397 e. The lowest BCUT2D eigenvalue weighted by Crippen LogP contribution is -2.44. The van der Waals surface area contributed by atoms with Gasteiger partial charge in [-0.3, -0.25) is 30.2 Å². The summed E-state index contributed by atoms with van der Waals surface area (Å²) in [4.78, 5) is 54.1. The number of piperazine rings is 2. The van der Waals surface area contributed by atoms with Crippen LogP contribution in [0.4, 0.5) is 54.8 Å². The van der Waals surface area contributed by atoms with Crippen molar-refractivity contribution in [2.45, 2.75) is 65.7 Å². The van der Waals surface area contributed by atoms with E-state index in [-0.39, 0.29) is 35.9 Å². The van der Waals surface area contributed by atoms with Gasteiger partial charge in [0.2, 0.25) is 5.91 Å². The number of nitrogens with two attached hydrogens (primary N) is 3. The van der Waals surface area contributed by atoms with E-state index in [1.807, 2.05) is 66.0 Å². The molecule has 4 aliphatic rings. The van der Waals surface area contributed by atoms with E-state index < -0.39 is 35.3 Å². The largest absolute Gasteiger partial charge is 0.416 e. The van der Waals surface area contributed by atoms with Gasteiger partial charge in [-0.1, -0.05) is 29.9 Å². The van der Waals surface area contributed by atoms with Crippen LogP contribution in [0.1, 0.15) is 82.5 Å². The number of carbonyl (C=O) groups excluding carboxylic acids is 3. The Bertz CT molecular complexity index is 3290. The zero-order chi connectivity index (χ0) is 65.3. The molecular formula is C63H84F6N16O3S. The SMILES string of the molecule is CC(C)=CNC(=S)NC(=O)C1CC1.Cc1ccc(C(=O)NC2=C/CC(C(F)(F)F)=CC/C(N3CCN(C)CC3)=C\2)cc1N(N)/C=C(\N)c1cncc(N2CCN(C)CC2)c1.Cc1ccc(C(=O)Nc2cc(N(C)CCN(C)C)cc(C(F)(F)F)c2)cc1NN. The van der Waals surface area contributed by atoms with Gasteiger partial charge in [-0.05, 0) is 153 Å². The van der Waals surface area contributed by atoms with Crippen LogP contribution >= 0.6 is 12.2 Å². The summed E-state index contributed by atoms with van der Waals surface area (Å²) in [6.07, 6.45) is 4.12. The number of nitrogen functional groups attached to an aromatic ring is 1. The van der Waals surface area contributed by atoms with Gasteiger partial charge in [0.1, 0.15) is 0 Å². The van der Waals surface area contributed by atoms with Gasteiger partial charge in [-0.2, -0.15) is 26.3 Å². The van der Waals surface area contributed by atoms with Crippen LogP contribution in [0.3, 0.4) is 0 Å². The molecule has 26 heteroatoms. The first-order valence-corrected chi connectivity index (χ1v) is 29.5. The van der Waals surface area contributed by atoms with E-state index in [9.17, 15) is 40.7 Å². The summed E-state index contributed by atoms with van der Waals surface area (Å²) in [6.45, 7) is 15.5. The normalized spacial score (nSPS) is 17.1. The maximum Gasteiger partial charge on any atom is 0.416 e. The number of carbonyl (C=O) groups is 3. The highest BCUT2D eigenvalue weighted by molar-refractivity contribution is 7.80. The van der Waals surface area contributed by atoms with Crippen molar-refractivity contribution in [2.24, 2.45) is 23.3 Å². The number of hydrogen-bond acceptors (Lipinski definition) is 16.